The lowest BCUT2D eigenvalue weighted by atomic mass is 9.58. The number of aliphatic hydroxyl groups is 3. The summed E-state index contributed by atoms with van der Waals surface area (Å²) >= 11 is 0. The molecule has 5 atom stereocenters. The molecule has 5 rings (SSSR count). The van der Waals surface area contributed by atoms with E-state index in [-0.39, 0.29) is 29.7 Å². The van der Waals surface area contributed by atoms with Crippen LogP contribution < -0.4 is 10.6 Å². The number of amides is 1. The van der Waals surface area contributed by atoms with Gasteiger partial charge in [-0.1, -0.05) is 0 Å². The van der Waals surface area contributed by atoms with E-state index >= 15 is 0 Å². The molecule has 216 valence electrons. The van der Waals surface area contributed by atoms with E-state index in [1.807, 2.05) is 19.0 Å². The van der Waals surface area contributed by atoms with Crippen molar-refractivity contribution in [3.63, 3.8) is 0 Å². The van der Waals surface area contributed by atoms with Crippen molar-refractivity contribution in [3.8, 4) is 5.75 Å². The van der Waals surface area contributed by atoms with E-state index in [0.717, 1.165) is 30.6 Å². The highest BCUT2D eigenvalue weighted by Gasteiger charge is 2.63. The van der Waals surface area contributed by atoms with Crippen LogP contribution in [-0.2, 0) is 22.6 Å². The Labute approximate surface area is 233 Å². The lowest BCUT2D eigenvalue weighted by molar-refractivity contribution is -0.148. The minimum absolute atomic E-state index is 0.0303. The molecule has 6 N–H and O–H groups in total. The van der Waals surface area contributed by atoms with E-state index in [2.05, 4.69) is 11.8 Å². The van der Waals surface area contributed by atoms with E-state index in [9.17, 15) is 34.8 Å². The van der Waals surface area contributed by atoms with Crippen LogP contribution in [0.15, 0.2) is 28.7 Å². The molecule has 0 spiro atoms. The van der Waals surface area contributed by atoms with Gasteiger partial charge < -0.3 is 31.1 Å². The number of rotatable bonds is 5. The molecule has 40 heavy (non-hydrogen) atoms. The number of nitrogens with zero attached hydrogens (tertiary/aromatic N) is 3. The number of primary amides is 1. The molecule has 1 saturated heterocycles. The number of carbonyl (C=O) groups excluding carboxylic acids is 3. The van der Waals surface area contributed by atoms with E-state index in [1.54, 1.807) is 25.1 Å². The Kier molecular flexibility index (Phi) is 6.75. The maximum Gasteiger partial charge on any atom is 0.255 e. The number of hydrogen-bond donors (Lipinski definition) is 5. The fourth-order valence-corrected chi connectivity index (χ4v) is 7.50. The van der Waals surface area contributed by atoms with Gasteiger partial charge >= 0.3 is 0 Å². The summed E-state index contributed by atoms with van der Waals surface area (Å²) in [5.74, 6) is -6.47. The second-order valence-corrected chi connectivity index (χ2v) is 12.1. The molecule has 1 amide bonds. The first-order valence-corrected chi connectivity index (χ1v) is 13.7. The Morgan fingerprint density at radius 1 is 1.18 bits per heavy atom. The van der Waals surface area contributed by atoms with Gasteiger partial charge in [0.1, 0.15) is 22.8 Å². The van der Waals surface area contributed by atoms with Crippen LogP contribution in [0, 0.1) is 11.8 Å². The number of benzene rings is 1. The number of fused-ring (bicyclic) bond motifs is 3. The third-order valence-corrected chi connectivity index (χ3v) is 9.29. The minimum Gasteiger partial charge on any atom is -0.510 e. The first kappa shape index (κ1) is 28.1. The summed E-state index contributed by atoms with van der Waals surface area (Å²) in [6, 6.07) is 0.972. The number of aromatic hydroxyl groups is 1. The normalized spacial score (nSPS) is 30.5. The lowest BCUT2D eigenvalue weighted by Crippen LogP contribution is -2.63. The summed E-state index contributed by atoms with van der Waals surface area (Å²) in [5.41, 5.74) is 4.17. The minimum atomic E-state index is -2.64. The van der Waals surface area contributed by atoms with Crippen LogP contribution in [0.1, 0.15) is 47.7 Å². The lowest BCUT2D eigenvalue weighted by Gasteiger charge is -2.50. The molecular formula is C29H38N4O7. The highest BCUT2D eigenvalue weighted by molar-refractivity contribution is 6.24. The molecule has 0 radical (unpaired) electrons. The van der Waals surface area contributed by atoms with Crippen LogP contribution in [0.3, 0.4) is 0 Å². The Morgan fingerprint density at radius 2 is 1.85 bits per heavy atom. The predicted octanol–water partition coefficient (Wildman–Crippen LogP) is 1.17. The molecule has 4 aliphatic rings. The van der Waals surface area contributed by atoms with Gasteiger partial charge in [0.25, 0.3) is 5.91 Å². The standard InChI is InChI=1S/C29H38N4O7/c1-13-7-6-8-33(13)12-15-11-18(34)20-16(22(15)31(2)3)9-14-10-17-23(32(4)5)25(36)21(28(30)39)27(38)29(17,40)26(37)19(14)24(20)35/h11,13-14,17,23,34,36-37,40H,6-10,12H2,1-5H3,(H2,30,39)/t13-,14-,17-,23-,29-/m0/s1. The predicted molar refractivity (Wildman–Crippen MR) is 147 cm³/mol. The Balaban J connectivity index is 1.68. The summed E-state index contributed by atoms with van der Waals surface area (Å²) in [6.45, 7) is 3.72. The van der Waals surface area contributed by atoms with E-state index in [4.69, 9.17) is 5.73 Å². The second-order valence-electron chi connectivity index (χ2n) is 12.1. The number of likely N-dealkylation sites (N-methyl/N-ethyl adjacent to an activating group) is 1. The van der Waals surface area contributed by atoms with Crippen molar-refractivity contribution >= 4 is 23.2 Å². The monoisotopic (exact) mass is 554 g/mol. The molecule has 1 fully saturated rings. The average molecular weight is 555 g/mol. The number of aliphatic hydroxyl groups excluding tert-OH is 2. The van der Waals surface area contributed by atoms with Gasteiger partial charge in [0, 0.05) is 43.9 Å². The molecule has 0 unspecified atom stereocenters. The van der Waals surface area contributed by atoms with Gasteiger partial charge in [0.05, 0.1) is 11.6 Å². The molecule has 0 bridgehead atoms. The topological polar surface area (TPSA) is 168 Å². The first-order chi connectivity index (χ1) is 18.7. The number of likely N-dealkylation sites (tertiary alicyclic amines) is 1. The van der Waals surface area contributed by atoms with Crippen molar-refractivity contribution in [2.45, 2.75) is 56.8 Å². The van der Waals surface area contributed by atoms with Crippen LogP contribution in [0.2, 0.25) is 0 Å². The average Bonchev–Trinajstić information content (AvgIpc) is 3.24. The quantitative estimate of drug-likeness (QED) is 0.333. The zero-order valence-electron chi connectivity index (χ0n) is 23.6. The third-order valence-electron chi connectivity index (χ3n) is 9.29. The summed E-state index contributed by atoms with van der Waals surface area (Å²) in [6.07, 6.45) is 2.51. The number of anilines is 1. The van der Waals surface area contributed by atoms with Crippen LogP contribution in [0.25, 0.3) is 0 Å². The van der Waals surface area contributed by atoms with Crippen molar-refractivity contribution in [1.29, 1.82) is 0 Å². The smallest absolute Gasteiger partial charge is 0.255 e. The fourth-order valence-electron chi connectivity index (χ4n) is 7.50. The number of phenols is 1. The van der Waals surface area contributed by atoms with Gasteiger partial charge in [-0.3, -0.25) is 24.2 Å². The zero-order valence-corrected chi connectivity index (χ0v) is 23.6. The molecule has 11 nitrogen and oxygen atoms in total. The number of carbonyl (C=O) groups is 3. The number of hydrogen-bond acceptors (Lipinski definition) is 10. The highest BCUT2D eigenvalue weighted by atomic mass is 16.3. The van der Waals surface area contributed by atoms with E-state index in [0.29, 0.717) is 18.2 Å². The maximum absolute atomic E-state index is 14.0. The molecular weight excluding hydrogens is 516 g/mol. The van der Waals surface area contributed by atoms with Crippen LogP contribution in [0.5, 0.6) is 5.75 Å². The molecule has 11 heteroatoms. The summed E-state index contributed by atoms with van der Waals surface area (Å²) in [4.78, 5) is 45.4. The van der Waals surface area contributed by atoms with Gasteiger partial charge in [-0.15, -0.1) is 0 Å². The summed E-state index contributed by atoms with van der Waals surface area (Å²) in [5, 5.41) is 45.3. The zero-order chi connectivity index (χ0) is 29.4. The van der Waals surface area contributed by atoms with Crippen LogP contribution in [-0.4, -0.2) is 100 Å². The molecule has 1 aromatic carbocycles. The van der Waals surface area contributed by atoms with Gasteiger partial charge in [0.2, 0.25) is 5.78 Å². The number of allylic oxidation sites excluding steroid dienone is 1. The fraction of sp³-hybridized carbons (Fsp3) is 0.552. The number of Topliss-reactive ketones (excluding diaryl/α,β-unsaturated/α-hetero) is 2. The SMILES string of the molecule is C[C@H]1CCCN1Cc1cc(O)c2c(c1N(C)C)C[C@H]1C[C@H]3[C@H](N(C)C)C(O)=C(C(N)=O)C(=O)[C@@]3(O)C(O)=C1C2=O. The Bertz CT molecular complexity index is 1380. The molecule has 0 aromatic heterocycles. The van der Waals surface area contributed by atoms with E-state index in [1.165, 1.54) is 0 Å². The maximum atomic E-state index is 14.0. The number of nitrogens with two attached hydrogens (primary N) is 1. The van der Waals surface area contributed by atoms with Crippen molar-refractivity contribution in [2.75, 3.05) is 39.6 Å². The molecule has 1 heterocycles. The summed E-state index contributed by atoms with van der Waals surface area (Å²) in [7, 11) is 6.99. The Hall–Kier alpha value is -3.41. The molecule has 1 aliphatic heterocycles. The van der Waals surface area contributed by atoms with Crippen LogP contribution in [0.4, 0.5) is 5.69 Å². The molecule has 3 aliphatic carbocycles. The summed E-state index contributed by atoms with van der Waals surface area (Å²) < 4.78 is 0. The van der Waals surface area contributed by atoms with Crippen molar-refractivity contribution in [2.24, 2.45) is 17.6 Å². The third kappa shape index (κ3) is 3.86. The number of ketones is 2. The largest absolute Gasteiger partial charge is 0.510 e. The molecule has 0 saturated carbocycles. The van der Waals surface area contributed by atoms with Gasteiger partial charge in [-0.05, 0) is 76.4 Å². The second kappa shape index (κ2) is 9.60. The Morgan fingerprint density at radius 3 is 2.40 bits per heavy atom. The first-order valence-electron chi connectivity index (χ1n) is 13.7. The van der Waals surface area contributed by atoms with E-state index < -0.39 is 58.0 Å². The van der Waals surface area contributed by atoms with Crippen LogP contribution >= 0.6 is 0 Å². The van der Waals surface area contributed by atoms with Gasteiger partial charge in [-0.2, -0.15) is 0 Å². The van der Waals surface area contributed by atoms with Crippen molar-refractivity contribution in [3.05, 3.63) is 45.4 Å². The number of phenolic OH excluding ortho intramolecular Hbond substituents is 1. The van der Waals surface area contributed by atoms with Gasteiger partial charge in [-0.25, -0.2) is 0 Å². The van der Waals surface area contributed by atoms with Crippen molar-refractivity contribution < 1.29 is 34.8 Å². The highest BCUT2D eigenvalue weighted by Crippen LogP contribution is 2.53. The molecule has 1 aromatic rings. The van der Waals surface area contributed by atoms with Crippen molar-refractivity contribution in [1.82, 2.24) is 9.80 Å². The van der Waals surface area contributed by atoms with Gasteiger partial charge in [0.15, 0.2) is 11.4 Å².